The number of Topliss-reactive ketones (excluding diaryl/α,β-unsaturated/α-hetero) is 2. The van der Waals surface area contributed by atoms with Crippen LogP contribution in [0.25, 0.3) is 0 Å². The van der Waals surface area contributed by atoms with Crippen molar-refractivity contribution in [3.8, 4) is 23.3 Å². The SMILES string of the molecule is O=C1CC(=O)c2cc(Oc3cccc(C#Cc4ccccc4)c3)ccc21. The molecule has 124 valence electrons. The van der Waals surface area contributed by atoms with Crippen molar-refractivity contribution >= 4 is 11.6 Å². The number of carbonyl (C=O) groups excluding carboxylic acids is 2. The summed E-state index contributed by atoms with van der Waals surface area (Å²) in [5.41, 5.74) is 2.69. The zero-order chi connectivity index (χ0) is 17.9. The zero-order valence-corrected chi connectivity index (χ0v) is 13.9. The van der Waals surface area contributed by atoms with E-state index in [1.165, 1.54) is 0 Å². The molecular weight excluding hydrogens is 324 g/mol. The maximum atomic E-state index is 11.9. The second-order valence-corrected chi connectivity index (χ2v) is 5.98. The van der Waals surface area contributed by atoms with Gasteiger partial charge >= 0.3 is 0 Å². The topological polar surface area (TPSA) is 43.4 Å². The Morgan fingerprint density at radius 3 is 2.19 bits per heavy atom. The van der Waals surface area contributed by atoms with E-state index in [0.29, 0.717) is 22.6 Å². The van der Waals surface area contributed by atoms with Gasteiger partial charge in [-0.1, -0.05) is 36.1 Å². The highest BCUT2D eigenvalue weighted by Gasteiger charge is 2.27. The van der Waals surface area contributed by atoms with E-state index in [9.17, 15) is 9.59 Å². The number of ether oxygens (including phenoxy) is 1. The summed E-state index contributed by atoms with van der Waals surface area (Å²) >= 11 is 0. The minimum atomic E-state index is -0.155. The summed E-state index contributed by atoms with van der Waals surface area (Å²) in [4.78, 5) is 23.6. The highest BCUT2D eigenvalue weighted by molar-refractivity contribution is 6.24. The average molecular weight is 338 g/mol. The van der Waals surface area contributed by atoms with Crippen LogP contribution < -0.4 is 4.74 Å². The highest BCUT2D eigenvalue weighted by Crippen LogP contribution is 2.29. The van der Waals surface area contributed by atoms with Gasteiger partial charge in [-0.2, -0.15) is 0 Å². The Bertz CT molecular complexity index is 1070. The van der Waals surface area contributed by atoms with Crippen LogP contribution in [-0.4, -0.2) is 11.6 Å². The molecule has 0 atom stereocenters. The van der Waals surface area contributed by atoms with E-state index < -0.39 is 0 Å². The fourth-order valence-electron chi connectivity index (χ4n) is 2.84. The minimum absolute atomic E-state index is 0.0522. The molecule has 0 saturated carbocycles. The average Bonchev–Trinajstić information content (AvgIpc) is 2.95. The second-order valence-electron chi connectivity index (χ2n) is 5.98. The summed E-state index contributed by atoms with van der Waals surface area (Å²) in [6.07, 6.45) is -0.0522. The Morgan fingerprint density at radius 1 is 0.654 bits per heavy atom. The molecule has 0 radical (unpaired) electrons. The number of hydrogen-bond donors (Lipinski definition) is 0. The van der Waals surface area contributed by atoms with E-state index in [2.05, 4.69) is 11.8 Å². The maximum absolute atomic E-state index is 11.9. The van der Waals surface area contributed by atoms with Crippen molar-refractivity contribution in [3.05, 3.63) is 95.1 Å². The molecule has 0 aromatic heterocycles. The summed E-state index contributed by atoms with van der Waals surface area (Å²) < 4.78 is 5.85. The van der Waals surface area contributed by atoms with Crippen LogP contribution in [0.4, 0.5) is 0 Å². The molecule has 0 fully saturated rings. The maximum Gasteiger partial charge on any atom is 0.171 e. The lowest BCUT2D eigenvalue weighted by atomic mass is 10.1. The summed E-state index contributed by atoms with van der Waals surface area (Å²) in [6, 6.07) is 22.2. The fourth-order valence-corrected chi connectivity index (χ4v) is 2.84. The first kappa shape index (κ1) is 15.9. The molecule has 4 rings (SSSR count). The predicted molar refractivity (Wildman–Crippen MR) is 98.7 cm³/mol. The van der Waals surface area contributed by atoms with Crippen LogP contribution >= 0.6 is 0 Å². The Balaban J connectivity index is 1.57. The lowest BCUT2D eigenvalue weighted by molar-refractivity contribution is 0.0923. The van der Waals surface area contributed by atoms with Crippen LogP contribution in [0.3, 0.4) is 0 Å². The van der Waals surface area contributed by atoms with Gasteiger partial charge in [0.2, 0.25) is 0 Å². The Labute approximate surface area is 151 Å². The van der Waals surface area contributed by atoms with Crippen molar-refractivity contribution in [2.24, 2.45) is 0 Å². The van der Waals surface area contributed by atoms with E-state index in [0.717, 1.165) is 11.1 Å². The molecule has 0 amide bonds. The van der Waals surface area contributed by atoms with Crippen LogP contribution in [0.5, 0.6) is 11.5 Å². The molecule has 3 heteroatoms. The number of hydrogen-bond acceptors (Lipinski definition) is 3. The second kappa shape index (κ2) is 6.70. The van der Waals surface area contributed by atoms with Crippen molar-refractivity contribution in [3.63, 3.8) is 0 Å². The molecule has 0 saturated heterocycles. The van der Waals surface area contributed by atoms with Crippen LogP contribution in [0.2, 0.25) is 0 Å². The van der Waals surface area contributed by atoms with E-state index >= 15 is 0 Å². The van der Waals surface area contributed by atoms with Crippen LogP contribution in [0, 0.1) is 11.8 Å². The molecule has 3 aromatic rings. The van der Waals surface area contributed by atoms with Gasteiger partial charge in [-0.25, -0.2) is 0 Å². The van der Waals surface area contributed by atoms with Gasteiger partial charge in [-0.15, -0.1) is 0 Å². The van der Waals surface area contributed by atoms with E-state index in [-0.39, 0.29) is 18.0 Å². The Hall–Kier alpha value is -3.64. The number of fused-ring (bicyclic) bond motifs is 1. The van der Waals surface area contributed by atoms with Gasteiger partial charge in [0.1, 0.15) is 11.5 Å². The molecule has 0 heterocycles. The molecule has 0 spiro atoms. The summed E-state index contributed by atoms with van der Waals surface area (Å²) in [7, 11) is 0. The van der Waals surface area contributed by atoms with Crippen LogP contribution in [0.15, 0.2) is 72.8 Å². The number of benzene rings is 3. The molecule has 1 aliphatic rings. The Kier molecular flexibility index (Phi) is 4.09. The quantitative estimate of drug-likeness (QED) is 0.505. The zero-order valence-electron chi connectivity index (χ0n) is 13.9. The van der Waals surface area contributed by atoms with Crippen molar-refractivity contribution in [1.29, 1.82) is 0 Å². The van der Waals surface area contributed by atoms with Gasteiger partial charge in [0.05, 0.1) is 6.42 Å². The van der Waals surface area contributed by atoms with Crippen molar-refractivity contribution in [1.82, 2.24) is 0 Å². The highest BCUT2D eigenvalue weighted by atomic mass is 16.5. The van der Waals surface area contributed by atoms with Crippen molar-refractivity contribution in [2.75, 3.05) is 0 Å². The molecular formula is C23H14O3. The van der Waals surface area contributed by atoms with Gasteiger partial charge in [0, 0.05) is 22.3 Å². The largest absolute Gasteiger partial charge is 0.457 e. The first-order valence-electron chi connectivity index (χ1n) is 8.24. The molecule has 0 unspecified atom stereocenters. The molecule has 26 heavy (non-hydrogen) atoms. The first-order valence-corrected chi connectivity index (χ1v) is 8.24. The van der Waals surface area contributed by atoms with E-state index in [4.69, 9.17) is 4.74 Å². The third-order valence-corrected chi connectivity index (χ3v) is 4.11. The number of carbonyl (C=O) groups is 2. The van der Waals surface area contributed by atoms with Gasteiger partial charge in [0.25, 0.3) is 0 Å². The summed E-state index contributed by atoms with van der Waals surface area (Å²) in [6.45, 7) is 0. The lowest BCUT2D eigenvalue weighted by Gasteiger charge is -2.07. The van der Waals surface area contributed by atoms with Gasteiger partial charge in [0.15, 0.2) is 11.6 Å². The summed E-state index contributed by atoms with van der Waals surface area (Å²) in [5.74, 6) is 7.09. The summed E-state index contributed by atoms with van der Waals surface area (Å²) in [5, 5.41) is 0. The first-order chi connectivity index (χ1) is 12.7. The predicted octanol–water partition coefficient (Wildman–Crippen LogP) is 4.65. The molecule has 0 aliphatic heterocycles. The van der Waals surface area contributed by atoms with Crippen molar-refractivity contribution in [2.45, 2.75) is 6.42 Å². The Morgan fingerprint density at radius 2 is 1.35 bits per heavy atom. The molecule has 1 aliphatic carbocycles. The van der Waals surface area contributed by atoms with Crippen LogP contribution in [0.1, 0.15) is 38.3 Å². The third kappa shape index (κ3) is 3.26. The lowest BCUT2D eigenvalue weighted by Crippen LogP contribution is -1.93. The monoisotopic (exact) mass is 338 g/mol. The van der Waals surface area contributed by atoms with Gasteiger partial charge in [-0.3, -0.25) is 9.59 Å². The third-order valence-electron chi connectivity index (χ3n) is 4.11. The number of rotatable bonds is 2. The van der Waals surface area contributed by atoms with Gasteiger partial charge in [-0.05, 0) is 48.5 Å². The van der Waals surface area contributed by atoms with Crippen molar-refractivity contribution < 1.29 is 14.3 Å². The van der Waals surface area contributed by atoms with Gasteiger partial charge < -0.3 is 4.74 Å². The van der Waals surface area contributed by atoms with E-state index in [1.807, 2.05) is 54.6 Å². The van der Waals surface area contributed by atoms with E-state index in [1.54, 1.807) is 18.2 Å². The molecule has 0 bridgehead atoms. The van der Waals surface area contributed by atoms with Crippen LogP contribution in [-0.2, 0) is 0 Å². The molecule has 3 nitrogen and oxygen atoms in total. The standard InChI is InChI=1S/C23H14O3/c24-22-15-23(25)21-14-19(11-12-20(21)22)26-18-8-4-7-17(13-18)10-9-16-5-2-1-3-6-16/h1-8,11-14H,15H2. The smallest absolute Gasteiger partial charge is 0.171 e. The fraction of sp³-hybridized carbons (Fsp3) is 0.0435. The molecule has 0 N–H and O–H groups in total. The number of ketones is 2. The molecule has 3 aromatic carbocycles. The minimum Gasteiger partial charge on any atom is -0.457 e. The normalized spacial score (nSPS) is 12.3.